The van der Waals surface area contributed by atoms with Crippen LogP contribution < -0.4 is 20.4 Å². The Kier molecular flexibility index (Phi) is 13.8. The van der Waals surface area contributed by atoms with Gasteiger partial charge in [-0.15, -0.1) is 0 Å². The van der Waals surface area contributed by atoms with Crippen molar-refractivity contribution < 1.29 is 69.8 Å². The second kappa shape index (κ2) is 19.8. The van der Waals surface area contributed by atoms with Gasteiger partial charge in [0, 0.05) is 25.9 Å². The molecule has 4 aliphatic heterocycles. The molecule has 4 aromatic carbocycles. The molecule has 0 aliphatic carbocycles. The molecule has 0 fully saturated rings. The predicted octanol–water partition coefficient (Wildman–Crippen LogP) is 6.67. The topological polar surface area (TPSA) is 227 Å². The number of nitriles is 2. The van der Waals surface area contributed by atoms with Crippen LogP contribution in [-0.4, -0.2) is 113 Å². The largest absolute Gasteiger partial charge is 0.477 e. The molecule has 4 aliphatic rings. The van der Waals surface area contributed by atoms with Crippen LogP contribution in [0.1, 0.15) is 58.3 Å². The van der Waals surface area contributed by atoms with E-state index in [1.807, 2.05) is 12.1 Å². The highest BCUT2D eigenvalue weighted by atomic mass is 19.4. The van der Waals surface area contributed by atoms with Crippen LogP contribution in [0.5, 0.6) is 0 Å². The average Bonchev–Trinajstić information content (AvgIpc) is 3.84. The van der Waals surface area contributed by atoms with E-state index in [-0.39, 0.29) is 97.2 Å². The van der Waals surface area contributed by atoms with Crippen molar-refractivity contribution in [3.05, 3.63) is 153 Å². The molecule has 4 aromatic rings. The van der Waals surface area contributed by atoms with E-state index in [2.05, 4.69) is 10.6 Å². The Balaban J connectivity index is 1.03. The van der Waals surface area contributed by atoms with Crippen molar-refractivity contribution in [2.24, 2.45) is 0 Å². The van der Waals surface area contributed by atoms with Gasteiger partial charge in [0.1, 0.15) is 0 Å². The summed E-state index contributed by atoms with van der Waals surface area (Å²) in [6.45, 7) is -2.60. The van der Waals surface area contributed by atoms with Crippen LogP contribution in [0.3, 0.4) is 0 Å². The lowest BCUT2D eigenvalue weighted by molar-refractivity contribution is -0.914. The summed E-state index contributed by atoms with van der Waals surface area (Å²) >= 11 is 0. The molecule has 0 saturated heterocycles. The van der Waals surface area contributed by atoms with E-state index in [0.29, 0.717) is 11.1 Å². The molecule has 376 valence electrons. The van der Waals surface area contributed by atoms with Crippen LogP contribution in [0.2, 0.25) is 0 Å². The zero-order chi connectivity index (χ0) is 52.6. The van der Waals surface area contributed by atoms with Gasteiger partial charge in [-0.25, -0.2) is 19.2 Å². The van der Waals surface area contributed by atoms with Gasteiger partial charge in [0.05, 0.1) is 107 Å². The number of hydrogen-bond acceptors (Lipinski definition) is 8. The summed E-state index contributed by atoms with van der Waals surface area (Å²) in [6.07, 6.45) is -9.60. The number of rotatable bonds is 16. The SMILES string of the molecule is N#Cc1ccc(C2NC(=O)N(c3cccc(C(F)(F)F)c3)C3=C2C(=O)N(CCC[N+](CCCN2CC4=C(C2=O)C(c2ccc(C#N)cc2)NC(=O)N4c2cccc(C(F)(F)F)c2)(CC(=O)O)CC(=O)O)C3)cc1. The van der Waals surface area contributed by atoms with Crippen LogP contribution in [0, 0.1) is 22.7 Å². The fourth-order valence-corrected chi connectivity index (χ4v) is 9.79. The lowest BCUT2D eigenvalue weighted by Crippen LogP contribution is -2.56. The van der Waals surface area contributed by atoms with Gasteiger partial charge in [0.25, 0.3) is 11.8 Å². The number of carbonyl (C=O) groups is 6. The molecular weight excluding hydrogens is 969 g/mol. The monoisotopic (exact) mass is 1010 g/mol. The Morgan fingerprint density at radius 2 is 0.973 bits per heavy atom. The van der Waals surface area contributed by atoms with E-state index in [4.69, 9.17) is 0 Å². The maximum absolute atomic E-state index is 14.4. The second-order valence-electron chi connectivity index (χ2n) is 17.8. The summed E-state index contributed by atoms with van der Waals surface area (Å²) in [6, 6.07) is 20.0. The number of nitrogens with zero attached hydrogens (tertiary/aromatic N) is 7. The Morgan fingerprint density at radius 3 is 1.30 bits per heavy atom. The lowest BCUT2D eigenvalue weighted by Gasteiger charge is -2.37. The lowest BCUT2D eigenvalue weighted by atomic mass is 9.94. The molecule has 23 heteroatoms. The minimum absolute atomic E-state index is 0.0232. The molecule has 17 nitrogen and oxygen atoms in total. The van der Waals surface area contributed by atoms with Crippen LogP contribution in [0.15, 0.2) is 120 Å². The Labute approximate surface area is 411 Å². The number of nitrogens with one attached hydrogen (secondary N) is 2. The first-order chi connectivity index (χ1) is 34.6. The quantitative estimate of drug-likeness (QED) is 0.0689. The van der Waals surface area contributed by atoms with Crippen molar-refractivity contribution in [3.8, 4) is 12.1 Å². The summed E-state index contributed by atoms with van der Waals surface area (Å²) in [5, 5.41) is 44.4. The van der Waals surface area contributed by atoms with E-state index in [1.165, 1.54) is 70.5 Å². The highest BCUT2D eigenvalue weighted by Gasteiger charge is 2.47. The molecule has 8 rings (SSSR count). The third kappa shape index (κ3) is 10.4. The Bertz CT molecular complexity index is 2870. The maximum Gasteiger partial charge on any atom is 0.416 e. The van der Waals surface area contributed by atoms with Gasteiger partial charge in [0.2, 0.25) is 0 Å². The number of quaternary nitrogens is 1. The van der Waals surface area contributed by atoms with Gasteiger partial charge in [0.15, 0.2) is 13.1 Å². The first-order valence-corrected chi connectivity index (χ1v) is 22.5. The molecular formula is C50H42F6N9O8+. The van der Waals surface area contributed by atoms with Gasteiger partial charge >= 0.3 is 36.4 Å². The van der Waals surface area contributed by atoms with Crippen LogP contribution >= 0.6 is 0 Å². The normalized spacial score (nSPS) is 18.1. The predicted molar refractivity (Wildman–Crippen MR) is 244 cm³/mol. The number of hydrogen-bond donors (Lipinski definition) is 4. The van der Waals surface area contributed by atoms with Crippen molar-refractivity contribution >= 4 is 47.2 Å². The van der Waals surface area contributed by atoms with Crippen LogP contribution in [0.4, 0.5) is 47.3 Å². The third-order valence-corrected chi connectivity index (χ3v) is 13.1. The standard InChI is InChI=1S/C50H41F6N9O8/c51-49(52,53)33-5-1-7-35(21-33)63-37-25-61(45(70)41(37)43(59-47(63)72)31-13-9-29(23-57)10-14-31)17-3-19-65(27-39(66)67,28-40(68)69)20-4-18-62-26-38-42(46(62)71)44(32-15-11-30(24-58)12-16-32)60-48(73)64(38)36-8-2-6-34(22-36)50(54,55)56/h1-2,5-16,21-22,43-44H,3-4,17-20,25-28H2,(H3-,59,60,66,67,68,69,72,73)/p+1. The van der Waals surface area contributed by atoms with Gasteiger partial charge in [-0.1, -0.05) is 36.4 Å². The van der Waals surface area contributed by atoms with Gasteiger partial charge < -0.3 is 35.1 Å². The van der Waals surface area contributed by atoms with Crippen molar-refractivity contribution in [1.82, 2.24) is 20.4 Å². The van der Waals surface area contributed by atoms with Gasteiger partial charge in [-0.3, -0.25) is 19.4 Å². The molecule has 2 atom stereocenters. The minimum Gasteiger partial charge on any atom is -0.477 e. The molecule has 0 saturated carbocycles. The highest BCUT2D eigenvalue weighted by molar-refractivity contribution is 6.08. The summed E-state index contributed by atoms with van der Waals surface area (Å²) in [5.74, 6) is -3.98. The number of amides is 6. The molecule has 6 amide bonds. The number of carboxylic acid groups (broad SMARTS) is 2. The first kappa shape index (κ1) is 50.7. The number of urea groups is 2. The summed E-state index contributed by atoms with van der Waals surface area (Å²) < 4.78 is 82.5. The number of aliphatic carboxylic acids is 2. The van der Waals surface area contributed by atoms with Crippen molar-refractivity contribution in [2.75, 3.05) is 62.2 Å². The second-order valence-corrected chi connectivity index (χ2v) is 17.8. The summed E-state index contributed by atoms with van der Waals surface area (Å²) in [7, 11) is 0. The highest BCUT2D eigenvalue weighted by Crippen LogP contribution is 2.42. The summed E-state index contributed by atoms with van der Waals surface area (Å²) in [5.41, 5.74) is -0.964. The average molecular weight is 1010 g/mol. The number of carboxylic acids is 2. The van der Waals surface area contributed by atoms with Crippen LogP contribution in [0.25, 0.3) is 0 Å². The molecule has 4 heterocycles. The van der Waals surface area contributed by atoms with E-state index in [0.717, 1.165) is 46.2 Å². The number of benzene rings is 4. The fourth-order valence-electron chi connectivity index (χ4n) is 9.79. The number of anilines is 2. The number of halogens is 6. The first-order valence-electron chi connectivity index (χ1n) is 22.5. The minimum atomic E-state index is -4.77. The van der Waals surface area contributed by atoms with E-state index in [1.54, 1.807) is 0 Å². The summed E-state index contributed by atoms with van der Waals surface area (Å²) in [4.78, 5) is 85.9. The molecule has 0 aromatic heterocycles. The molecule has 73 heavy (non-hydrogen) atoms. The number of carbonyl (C=O) groups excluding carboxylic acids is 4. The smallest absolute Gasteiger partial charge is 0.416 e. The van der Waals surface area contributed by atoms with Crippen LogP contribution in [-0.2, 0) is 31.5 Å². The number of alkyl halides is 6. The van der Waals surface area contributed by atoms with Gasteiger partial charge in [-0.2, -0.15) is 36.9 Å². The molecule has 0 spiro atoms. The van der Waals surface area contributed by atoms with Crippen molar-refractivity contribution in [1.29, 1.82) is 10.5 Å². The van der Waals surface area contributed by atoms with E-state index < -0.39 is 89.0 Å². The zero-order valence-electron chi connectivity index (χ0n) is 38.2. The zero-order valence-corrected chi connectivity index (χ0v) is 38.2. The van der Waals surface area contributed by atoms with E-state index >= 15 is 0 Å². The fraction of sp³-hybridized carbons (Fsp3) is 0.280. The molecule has 0 bridgehead atoms. The van der Waals surface area contributed by atoms with Crippen molar-refractivity contribution in [3.63, 3.8) is 0 Å². The van der Waals surface area contributed by atoms with Crippen molar-refractivity contribution in [2.45, 2.75) is 37.3 Å². The molecule has 4 N–H and O–H groups in total. The Hall–Kier alpha value is -8.70. The molecule has 2 unspecified atom stereocenters. The third-order valence-electron chi connectivity index (χ3n) is 13.1. The maximum atomic E-state index is 14.4. The van der Waals surface area contributed by atoms with Gasteiger partial charge in [-0.05, 0) is 71.8 Å². The molecule has 0 radical (unpaired) electrons. The van der Waals surface area contributed by atoms with E-state index in [9.17, 15) is 75.8 Å². The Morgan fingerprint density at radius 1 is 0.603 bits per heavy atom.